The van der Waals surface area contributed by atoms with Gasteiger partial charge in [0.05, 0.1) is 48.1 Å². The molecule has 2 saturated heterocycles. The van der Waals surface area contributed by atoms with Crippen LogP contribution in [0.5, 0.6) is 11.5 Å². The Morgan fingerprint density at radius 1 is 0.980 bits per heavy atom. The Balaban J connectivity index is 1.47. The Hall–Kier alpha value is -4.94. The van der Waals surface area contributed by atoms with Crippen molar-refractivity contribution in [1.82, 2.24) is 9.91 Å². The maximum Gasteiger partial charge on any atom is 0.423 e. The molecule has 11 nitrogen and oxygen atoms in total. The number of hydrogen-bond acceptors (Lipinski definition) is 9. The molecule has 3 fully saturated rings. The van der Waals surface area contributed by atoms with Crippen LogP contribution in [0.4, 0.5) is 14.9 Å². The molecule has 0 radical (unpaired) electrons. The molecule has 3 aromatic carbocycles. The summed E-state index contributed by atoms with van der Waals surface area (Å²) in [5.41, 5.74) is 2.07. The van der Waals surface area contributed by atoms with Gasteiger partial charge in [-0.1, -0.05) is 59.1 Å². The molecule has 5 amide bonds. The highest BCUT2D eigenvalue weighted by Crippen LogP contribution is 2.65. The highest BCUT2D eigenvalue weighted by Gasteiger charge is 2.71. The number of carbonyl (C=O) groups is 5. The van der Waals surface area contributed by atoms with Crippen molar-refractivity contribution < 1.29 is 42.9 Å². The first-order chi connectivity index (χ1) is 23.4. The number of imide groups is 4. The molecule has 7 rings (SSSR count). The van der Waals surface area contributed by atoms with Crippen LogP contribution in [-0.4, -0.2) is 59.0 Å². The highest BCUT2D eigenvalue weighted by atomic mass is 35.5. The predicted molar refractivity (Wildman–Crippen MR) is 173 cm³/mol. The molecule has 0 aromatic heterocycles. The number of allylic oxidation sites excluding steroid dienone is 2. The number of rotatable bonds is 5. The van der Waals surface area contributed by atoms with Crippen molar-refractivity contribution in [2.75, 3.05) is 19.6 Å². The number of amides is 5. The summed E-state index contributed by atoms with van der Waals surface area (Å²) in [5.74, 6) is -9.47. The van der Waals surface area contributed by atoms with Gasteiger partial charge in [-0.3, -0.25) is 24.6 Å². The number of phenols is 1. The molecular weight excluding hydrogens is 680 g/mol. The second kappa shape index (κ2) is 11.9. The number of nitrogens with one attached hydrogen (secondary N) is 1. The number of benzene rings is 3. The summed E-state index contributed by atoms with van der Waals surface area (Å²) in [6.07, 6.45) is 0.486. The molecule has 252 valence electrons. The lowest BCUT2D eigenvalue weighted by Crippen LogP contribution is -2.53. The fraction of sp³-hybridized carbons (Fsp3) is 0.286. The number of para-hydroxylation sites is 1. The zero-order valence-corrected chi connectivity index (χ0v) is 27.5. The predicted octanol–water partition coefficient (Wildman–Crippen LogP) is 5.60. The van der Waals surface area contributed by atoms with E-state index in [0.29, 0.717) is 26.8 Å². The number of likely N-dealkylation sites (tertiary alicyclic amines) is 1. The molecule has 3 aromatic rings. The van der Waals surface area contributed by atoms with Gasteiger partial charge in [0.25, 0.3) is 11.8 Å². The van der Waals surface area contributed by atoms with E-state index in [-0.39, 0.29) is 29.1 Å². The van der Waals surface area contributed by atoms with Crippen LogP contribution in [-0.2, 0) is 29.3 Å². The molecule has 1 saturated carbocycles. The third kappa shape index (κ3) is 4.64. The number of nitrogens with zero attached hydrogens (tertiary/aromatic N) is 2. The van der Waals surface area contributed by atoms with Crippen molar-refractivity contribution >= 4 is 58.6 Å². The van der Waals surface area contributed by atoms with Crippen molar-refractivity contribution in [2.45, 2.75) is 24.2 Å². The Labute approximate surface area is 289 Å². The third-order valence-electron chi connectivity index (χ3n) is 10.3. The van der Waals surface area contributed by atoms with Gasteiger partial charge in [-0.15, -0.1) is 0 Å². The average Bonchev–Trinajstić information content (AvgIpc) is 3.47. The van der Waals surface area contributed by atoms with E-state index in [0.717, 1.165) is 18.2 Å². The van der Waals surface area contributed by atoms with Gasteiger partial charge in [-0.2, -0.15) is 9.91 Å². The summed E-state index contributed by atoms with van der Waals surface area (Å²) < 4.78 is 25.3. The quantitative estimate of drug-likeness (QED) is 0.256. The zero-order valence-electron chi connectivity index (χ0n) is 26.0. The fourth-order valence-electron chi connectivity index (χ4n) is 8.22. The number of anilines is 1. The number of hydrogen-bond donors (Lipinski definition) is 2. The summed E-state index contributed by atoms with van der Waals surface area (Å²) in [5, 5.41) is 12.6. The number of halogens is 3. The first kappa shape index (κ1) is 32.6. The first-order valence-electron chi connectivity index (χ1n) is 15.3. The minimum Gasteiger partial charge on any atom is -0.505 e. The summed E-state index contributed by atoms with van der Waals surface area (Å²) in [4.78, 5) is 70.1. The van der Waals surface area contributed by atoms with Crippen LogP contribution in [0.15, 0.2) is 72.3 Å². The van der Waals surface area contributed by atoms with E-state index in [4.69, 9.17) is 32.7 Å². The molecular formula is C35H28Cl2FN3O8. The van der Waals surface area contributed by atoms with Gasteiger partial charge < -0.3 is 14.6 Å². The fourth-order valence-corrected chi connectivity index (χ4v) is 8.67. The molecule has 0 bridgehead atoms. The van der Waals surface area contributed by atoms with Gasteiger partial charge in [0.15, 0.2) is 11.6 Å². The maximum absolute atomic E-state index is 15.2. The van der Waals surface area contributed by atoms with E-state index < -0.39 is 76.3 Å². The van der Waals surface area contributed by atoms with Gasteiger partial charge in [-0.25, -0.2) is 9.18 Å². The maximum atomic E-state index is 15.2. The number of phenolic OH excluding ortho intramolecular Hbond substituents is 1. The minimum atomic E-state index is -1.80. The van der Waals surface area contributed by atoms with Gasteiger partial charge in [0.2, 0.25) is 11.8 Å². The van der Waals surface area contributed by atoms with Crippen LogP contribution >= 0.6 is 23.2 Å². The van der Waals surface area contributed by atoms with E-state index in [1.807, 2.05) is 0 Å². The lowest BCUT2D eigenvalue weighted by molar-refractivity contribution is -0.140. The molecule has 4 aliphatic rings. The molecule has 0 spiro atoms. The number of hydrazine groups is 1. The third-order valence-corrected chi connectivity index (χ3v) is 10.8. The molecule has 6 atom stereocenters. The number of methoxy groups -OCH3 is 2. The first-order valence-corrected chi connectivity index (χ1v) is 16.1. The summed E-state index contributed by atoms with van der Waals surface area (Å²) in [7, 11) is 2.53. The van der Waals surface area contributed by atoms with Crippen LogP contribution in [0.2, 0.25) is 10.0 Å². The second-order valence-corrected chi connectivity index (χ2v) is 13.2. The smallest absolute Gasteiger partial charge is 0.423 e. The molecule has 2 aliphatic carbocycles. The Morgan fingerprint density at radius 3 is 2.39 bits per heavy atom. The molecule has 2 N–H and O–H groups in total. The lowest BCUT2D eigenvalue weighted by atomic mass is 9.49. The zero-order chi connectivity index (χ0) is 34.9. The van der Waals surface area contributed by atoms with Crippen molar-refractivity contribution in [2.24, 2.45) is 23.7 Å². The second-order valence-electron chi connectivity index (χ2n) is 12.4. The van der Waals surface area contributed by atoms with E-state index in [1.165, 1.54) is 37.4 Å². The molecule has 0 unspecified atom stereocenters. The van der Waals surface area contributed by atoms with Gasteiger partial charge in [-0.05, 0) is 60.7 Å². The van der Waals surface area contributed by atoms with Crippen molar-refractivity contribution in [3.8, 4) is 11.5 Å². The van der Waals surface area contributed by atoms with E-state index in [2.05, 4.69) is 5.43 Å². The SMILES string of the molecule is COC(=O)N1C(=O)[C@H]2[C@H](CC=C3[C@H]2C[C@H]2C(=O)N(Nc4ccc(Cl)cc4Cl)C(=O)[C@@]2(c2ccc(OC)cc2)[C@H]3c2cccc(F)c2O)C1=O. The van der Waals surface area contributed by atoms with Crippen LogP contribution in [0, 0.1) is 29.5 Å². The van der Waals surface area contributed by atoms with Crippen molar-refractivity contribution in [3.05, 3.63) is 99.3 Å². The van der Waals surface area contributed by atoms with E-state index in [1.54, 1.807) is 30.3 Å². The number of ether oxygens (including phenoxy) is 2. The Morgan fingerprint density at radius 2 is 1.71 bits per heavy atom. The van der Waals surface area contributed by atoms with Crippen LogP contribution < -0.4 is 10.2 Å². The van der Waals surface area contributed by atoms with E-state index in [9.17, 15) is 24.3 Å². The average molecular weight is 709 g/mol. The van der Waals surface area contributed by atoms with Crippen LogP contribution in [0.1, 0.15) is 29.9 Å². The molecule has 2 aliphatic heterocycles. The normalized spacial score (nSPS) is 27.4. The standard InChI is InChI=1S/C35H28Cl2FN3O8/c1-48-18-9-6-16(7-10-18)35-23(31(44)41(33(35)46)39-26-13-8-17(36)14-24(26)37)15-22-19(28(35)21-4-3-5-25(38)29(21)42)11-12-20-27(22)32(45)40(30(20)43)34(47)49-2/h3-11,13-14,20,22-23,27-28,39,42H,12,15H2,1-2H3/t20-,22+,23-,27-,28+,35+/m0/s1. The summed E-state index contributed by atoms with van der Waals surface area (Å²) in [6, 6.07) is 14.9. The molecule has 2 heterocycles. The van der Waals surface area contributed by atoms with Gasteiger partial charge in [0, 0.05) is 16.5 Å². The van der Waals surface area contributed by atoms with Crippen LogP contribution in [0.25, 0.3) is 0 Å². The minimum absolute atomic E-state index is 0.00402. The Kier molecular flexibility index (Phi) is 7.91. The summed E-state index contributed by atoms with van der Waals surface area (Å²) in [6.45, 7) is 0. The number of aromatic hydroxyl groups is 1. The van der Waals surface area contributed by atoms with Crippen molar-refractivity contribution in [3.63, 3.8) is 0 Å². The van der Waals surface area contributed by atoms with Gasteiger partial charge in [0.1, 0.15) is 5.75 Å². The molecule has 49 heavy (non-hydrogen) atoms. The summed E-state index contributed by atoms with van der Waals surface area (Å²) >= 11 is 12.5. The lowest BCUT2D eigenvalue weighted by Gasteiger charge is -2.50. The largest absolute Gasteiger partial charge is 0.505 e. The highest BCUT2D eigenvalue weighted by molar-refractivity contribution is 6.36. The van der Waals surface area contributed by atoms with Crippen LogP contribution in [0.3, 0.4) is 0 Å². The monoisotopic (exact) mass is 707 g/mol. The topological polar surface area (TPSA) is 143 Å². The number of carbonyl (C=O) groups excluding carboxylic acids is 5. The van der Waals surface area contributed by atoms with Crippen molar-refractivity contribution in [1.29, 1.82) is 0 Å². The molecule has 14 heteroatoms. The van der Waals surface area contributed by atoms with E-state index >= 15 is 9.18 Å². The van der Waals surface area contributed by atoms with Gasteiger partial charge >= 0.3 is 6.09 Å². The number of fused-ring (bicyclic) bond motifs is 4. The Bertz CT molecular complexity index is 1990.